The second-order valence-electron chi connectivity index (χ2n) is 8.53. The van der Waals surface area contributed by atoms with Crippen molar-refractivity contribution in [2.24, 2.45) is 0 Å². The van der Waals surface area contributed by atoms with E-state index in [4.69, 9.17) is 16.6 Å². The molecule has 0 spiro atoms. The molecule has 31 heavy (non-hydrogen) atoms. The molecule has 162 valence electrons. The molecule has 0 unspecified atom stereocenters. The smallest absolute Gasteiger partial charge is 0.243 e. The van der Waals surface area contributed by atoms with Crippen LogP contribution in [0, 0.1) is 0 Å². The summed E-state index contributed by atoms with van der Waals surface area (Å²) in [5.74, 6) is 0.142. The van der Waals surface area contributed by atoms with Crippen LogP contribution in [0.1, 0.15) is 31.2 Å². The zero-order chi connectivity index (χ0) is 21.2. The number of nitrogens with zero attached hydrogens (tertiary/aromatic N) is 3. The Labute approximate surface area is 192 Å². The van der Waals surface area contributed by atoms with Gasteiger partial charge in [-0.1, -0.05) is 53.3 Å². The lowest BCUT2D eigenvalue weighted by Gasteiger charge is -2.35. The molecule has 1 N–H and O–H groups in total. The normalized spacial score (nSPS) is 22.2. The van der Waals surface area contributed by atoms with Gasteiger partial charge in [0.15, 0.2) is 5.13 Å². The van der Waals surface area contributed by atoms with E-state index < -0.39 is 0 Å². The number of anilines is 1. The standard InChI is InChI=1S/C24H27ClN4OS/c25-18-9-10-20-22(14-18)31-24(27-20)29-12-5-4-8-21(29)23(30)26-19-11-13-28(16-19)15-17-6-2-1-3-7-17/h1-3,6-7,9-10,14,19,21H,4-5,8,11-13,15-16H2,(H,26,30)/t19-,21-/m0/s1. The average molecular weight is 455 g/mol. The van der Waals surface area contributed by atoms with Gasteiger partial charge < -0.3 is 10.2 Å². The number of amides is 1. The van der Waals surface area contributed by atoms with Crippen LogP contribution in [-0.4, -0.2) is 47.5 Å². The Morgan fingerprint density at radius 3 is 2.87 bits per heavy atom. The van der Waals surface area contributed by atoms with Gasteiger partial charge in [0.1, 0.15) is 6.04 Å². The van der Waals surface area contributed by atoms with Crippen molar-refractivity contribution in [1.82, 2.24) is 15.2 Å². The van der Waals surface area contributed by atoms with E-state index in [0.717, 1.165) is 72.2 Å². The van der Waals surface area contributed by atoms with Gasteiger partial charge in [0.2, 0.25) is 5.91 Å². The summed E-state index contributed by atoms with van der Waals surface area (Å²) in [4.78, 5) is 22.7. The van der Waals surface area contributed by atoms with Crippen LogP contribution in [0.5, 0.6) is 0 Å². The molecule has 0 saturated carbocycles. The van der Waals surface area contributed by atoms with Crippen molar-refractivity contribution in [3.63, 3.8) is 0 Å². The number of nitrogens with one attached hydrogen (secondary N) is 1. The largest absolute Gasteiger partial charge is 0.350 e. The number of piperidine rings is 1. The molecule has 0 bridgehead atoms. The van der Waals surface area contributed by atoms with Gasteiger partial charge in [0.05, 0.1) is 10.2 Å². The Morgan fingerprint density at radius 2 is 2.00 bits per heavy atom. The van der Waals surface area contributed by atoms with Gasteiger partial charge >= 0.3 is 0 Å². The third-order valence-electron chi connectivity index (χ3n) is 6.26. The maximum Gasteiger partial charge on any atom is 0.243 e. The highest BCUT2D eigenvalue weighted by molar-refractivity contribution is 7.22. The highest BCUT2D eigenvalue weighted by Crippen LogP contribution is 2.34. The van der Waals surface area contributed by atoms with Crippen molar-refractivity contribution in [3.8, 4) is 0 Å². The first-order valence-corrected chi connectivity index (χ1v) is 12.2. The summed E-state index contributed by atoms with van der Waals surface area (Å²) in [6.45, 7) is 3.74. The van der Waals surface area contributed by atoms with Gasteiger partial charge in [-0.25, -0.2) is 4.98 Å². The molecule has 1 aromatic heterocycles. The van der Waals surface area contributed by atoms with E-state index in [2.05, 4.69) is 39.4 Å². The molecule has 2 fully saturated rings. The molecule has 2 aliphatic rings. The van der Waals surface area contributed by atoms with E-state index >= 15 is 0 Å². The summed E-state index contributed by atoms with van der Waals surface area (Å²) < 4.78 is 1.07. The third kappa shape index (κ3) is 4.71. The van der Waals surface area contributed by atoms with Crippen molar-refractivity contribution in [1.29, 1.82) is 0 Å². The Kier molecular flexibility index (Phi) is 6.12. The number of likely N-dealkylation sites (tertiary alicyclic amines) is 1. The average Bonchev–Trinajstić information content (AvgIpc) is 3.40. The lowest BCUT2D eigenvalue weighted by molar-refractivity contribution is -0.123. The summed E-state index contributed by atoms with van der Waals surface area (Å²) in [5, 5.41) is 4.99. The maximum absolute atomic E-state index is 13.3. The predicted molar refractivity (Wildman–Crippen MR) is 128 cm³/mol. The van der Waals surface area contributed by atoms with Crippen molar-refractivity contribution in [2.45, 2.75) is 44.3 Å². The maximum atomic E-state index is 13.3. The SMILES string of the molecule is O=C(N[C@H]1CCN(Cc2ccccc2)C1)[C@@H]1CCCCN1c1nc2ccc(Cl)cc2s1. The van der Waals surface area contributed by atoms with Gasteiger partial charge in [-0.15, -0.1) is 0 Å². The number of benzene rings is 2. The van der Waals surface area contributed by atoms with Crippen molar-refractivity contribution < 1.29 is 4.79 Å². The topological polar surface area (TPSA) is 48.5 Å². The minimum atomic E-state index is -0.145. The van der Waals surface area contributed by atoms with Gasteiger partial charge in [0, 0.05) is 37.2 Å². The Balaban J connectivity index is 1.24. The first-order chi connectivity index (χ1) is 15.2. The number of fused-ring (bicyclic) bond motifs is 1. The molecule has 1 amide bonds. The van der Waals surface area contributed by atoms with Gasteiger partial charge in [-0.3, -0.25) is 9.69 Å². The van der Waals surface area contributed by atoms with Crippen molar-refractivity contribution in [3.05, 3.63) is 59.1 Å². The molecule has 0 radical (unpaired) electrons. The highest BCUT2D eigenvalue weighted by atomic mass is 35.5. The Hall–Kier alpha value is -2.15. The zero-order valence-corrected chi connectivity index (χ0v) is 19.0. The van der Waals surface area contributed by atoms with Gasteiger partial charge in [-0.2, -0.15) is 0 Å². The molecule has 3 heterocycles. The van der Waals surface area contributed by atoms with E-state index in [1.807, 2.05) is 24.3 Å². The number of aromatic nitrogens is 1. The number of halogens is 1. The molecule has 2 saturated heterocycles. The zero-order valence-electron chi connectivity index (χ0n) is 17.5. The molecule has 5 rings (SSSR count). The summed E-state index contributed by atoms with van der Waals surface area (Å²) in [7, 11) is 0. The Bertz CT molecular complexity index is 1060. The molecular formula is C24H27ClN4OS. The first-order valence-electron chi connectivity index (χ1n) is 11.0. The minimum absolute atomic E-state index is 0.142. The van der Waals surface area contributed by atoms with E-state index in [-0.39, 0.29) is 18.0 Å². The number of rotatable bonds is 5. The summed E-state index contributed by atoms with van der Waals surface area (Å²) in [6, 6.07) is 16.4. The lowest BCUT2D eigenvalue weighted by atomic mass is 10.0. The van der Waals surface area contributed by atoms with Crippen LogP contribution in [0.25, 0.3) is 10.2 Å². The van der Waals surface area contributed by atoms with Crippen LogP contribution < -0.4 is 10.2 Å². The van der Waals surface area contributed by atoms with Crippen LogP contribution in [0.4, 0.5) is 5.13 Å². The number of hydrogen-bond acceptors (Lipinski definition) is 5. The molecule has 5 nitrogen and oxygen atoms in total. The van der Waals surface area contributed by atoms with E-state index in [1.54, 1.807) is 11.3 Å². The summed E-state index contributed by atoms with van der Waals surface area (Å²) in [6.07, 6.45) is 4.05. The quantitative estimate of drug-likeness (QED) is 0.607. The molecule has 7 heteroatoms. The Morgan fingerprint density at radius 1 is 1.13 bits per heavy atom. The fourth-order valence-electron chi connectivity index (χ4n) is 4.68. The monoisotopic (exact) mass is 454 g/mol. The molecular weight excluding hydrogens is 428 g/mol. The molecule has 0 aliphatic carbocycles. The number of carbonyl (C=O) groups excluding carboxylic acids is 1. The number of hydrogen-bond donors (Lipinski definition) is 1. The minimum Gasteiger partial charge on any atom is -0.350 e. The van der Waals surface area contributed by atoms with E-state index in [1.165, 1.54) is 5.56 Å². The fraction of sp³-hybridized carbons (Fsp3) is 0.417. The second-order valence-corrected chi connectivity index (χ2v) is 9.97. The number of carbonyl (C=O) groups is 1. The van der Waals surface area contributed by atoms with Crippen LogP contribution in [0.2, 0.25) is 5.02 Å². The molecule has 2 aliphatic heterocycles. The van der Waals surface area contributed by atoms with E-state index in [0.29, 0.717) is 0 Å². The van der Waals surface area contributed by atoms with Crippen LogP contribution in [-0.2, 0) is 11.3 Å². The van der Waals surface area contributed by atoms with Crippen LogP contribution >= 0.6 is 22.9 Å². The molecule has 2 atom stereocenters. The molecule has 2 aromatic carbocycles. The van der Waals surface area contributed by atoms with Crippen molar-refractivity contribution in [2.75, 3.05) is 24.5 Å². The second kappa shape index (κ2) is 9.15. The third-order valence-corrected chi connectivity index (χ3v) is 7.55. The lowest BCUT2D eigenvalue weighted by Crippen LogP contribution is -2.52. The fourth-order valence-corrected chi connectivity index (χ4v) is 5.99. The van der Waals surface area contributed by atoms with Gasteiger partial charge in [0.25, 0.3) is 0 Å². The van der Waals surface area contributed by atoms with Gasteiger partial charge in [-0.05, 0) is 49.4 Å². The predicted octanol–water partition coefficient (Wildman–Crippen LogP) is 4.70. The number of thiazole rings is 1. The summed E-state index contributed by atoms with van der Waals surface area (Å²) >= 11 is 7.77. The van der Waals surface area contributed by atoms with Crippen LogP contribution in [0.3, 0.4) is 0 Å². The highest BCUT2D eigenvalue weighted by Gasteiger charge is 2.33. The summed E-state index contributed by atoms with van der Waals surface area (Å²) in [5.41, 5.74) is 2.27. The first kappa shape index (κ1) is 20.7. The van der Waals surface area contributed by atoms with E-state index in [9.17, 15) is 4.79 Å². The molecule has 3 aromatic rings. The van der Waals surface area contributed by atoms with Crippen molar-refractivity contribution >= 4 is 44.2 Å². The van der Waals surface area contributed by atoms with Crippen LogP contribution in [0.15, 0.2) is 48.5 Å².